The van der Waals surface area contributed by atoms with Gasteiger partial charge in [-0.1, -0.05) is 43.3 Å². The zero-order valence-electron chi connectivity index (χ0n) is 14.4. The quantitative estimate of drug-likeness (QED) is 0.583. The van der Waals surface area contributed by atoms with Crippen LogP contribution in [-0.2, 0) is 9.59 Å². The summed E-state index contributed by atoms with van der Waals surface area (Å²) in [5.74, 6) is 0.00932. The number of nitrogens with zero attached hydrogens (tertiary/aromatic N) is 2. The predicted octanol–water partition coefficient (Wildman–Crippen LogP) is 3.68. The summed E-state index contributed by atoms with van der Waals surface area (Å²) in [5.41, 5.74) is 1.50. The second-order valence-electron chi connectivity index (χ2n) is 6.20. The highest BCUT2D eigenvalue weighted by Gasteiger charge is 2.32. The Bertz CT molecular complexity index is 718. The molecule has 2 rings (SSSR count). The number of rotatable bonds is 6. The summed E-state index contributed by atoms with van der Waals surface area (Å²) in [6, 6.07) is 6.87. The van der Waals surface area contributed by atoms with Crippen LogP contribution in [0.5, 0.6) is 0 Å². The molecule has 1 saturated heterocycles. The first kappa shape index (κ1) is 19.5. The van der Waals surface area contributed by atoms with Crippen LogP contribution in [0.4, 0.5) is 5.69 Å². The molecule has 1 aliphatic heterocycles. The molecular weight excluding hydrogens is 360 g/mol. The summed E-state index contributed by atoms with van der Waals surface area (Å²) in [4.78, 5) is 24.1. The number of benzene rings is 1. The zero-order valence-corrected chi connectivity index (χ0v) is 15.9. The van der Waals surface area contributed by atoms with Crippen LogP contribution in [0.3, 0.4) is 0 Å². The van der Waals surface area contributed by atoms with E-state index in [0.29, 0.717) is 21.8 Å². The number of thioether (sulfide) groups is 1. The average Bonchev–Trinajstić information content (AvgIpc) is 2.84. The van der Waals surface area contributed by atoms with Gasteiger partial charge in [-0.2, -0.15) is 5.10 Å². The van der Waals surface area contributed by atoms with E-state index >= 15 is 0 Å². The van der Waals surface area contributed by atoms with E-state index in [-0.39, 0.29) is 18.2 Å². The predicted molar refractivity (Wildman–Crippen MR) is 104 cm³/mol. The molecular formula is C17H21ClN4O2S. The van der Waals surface area contributed by atoms with Crippen molar-refractivity contribution in [2.45, 2.75) is 38.9 Å². The summed E-state index contributed by atoms with van der Waals surface area (Å²) in [6.45, 7) is 6.11. The lowest BCUT2D eigenvalue weighted by molar-refractivity contribution is -0.122. The molecule has 1 fully saturated rings. The Balaban J connectivity index is 1.91. The summed E-state index contributed by atoms with van der Waals surface area (Å²) < 4.78 is 0. The van der Waals surface area contributed by atoms with E-state index in [9.17, 15) is 9.59 Å². The highest BCUT2D eigenvalue weighted by atomic mass is 35.5. The van der Waals surface area contributed by atoms with Gasteiger partial charge in [0, 0.05) is 22.8 Å². The second-order valence-corrected chi connectivity index (χ2v) is 7.82. The molecule has 0 unspecified atom stereocenters. The molecule has 0 spiro atoms. The zero-order chi connectivity index (χ0) is 18.4. The molecule has 0 aromatic heterocycles. The smallest absolute Gasteiger partial charge is 0.240 e. The molecule has 1 aromatic carbocycles. The fourth-order valence-electron chi connectivity index (χ4n) is 2.30. The van der Waals surface area contributed by atoms with Crippen LogP contribution in [0, 0.1) is 5.92 Å². The van der Waals surface area contributed by atoms with Gasteiger partial charge in [0.2, 0.25) is 11.8 Å². The summed E-state index contributed by atoms with van der Waals surface area (Å²) in [7, 11) is 0. The topological polar surface area (TPSA) is 82.9 Å². The molecule has 6 nitrogen and oxygen atoms in total. The third-order valence-corrected chi connectivity index (χ3v) is 4.58. The second kappa shape index (κ2) is 9.01. The number of hydrogen-bond acceptors (Lipinski definition) is 5. The number of amidine groups is 1. The van der Waals surface area contributed by atoms with Crippen molar-refractivity contribution in [1.29, 1.82) is 0 Å². The Morgan fingerprint density at radius 2 is 2.20 bits per heavy atom. The Hall–Kier alpha value is -1.86. The number of carbonyl (C=O) groups is 2. The van der Waals surface area contributed by atoms with Gasteiger partial charge in [-0.05, 0) is 37.5 Å². The molecule has 0 radical (unpaired) electrons. The maximum Gasteiger partial charge on any atom is 0.240 e. The first-order chi connectivity index (χ1) is 11.8. The lowest BCUT2D eigenvalue weighted by Crippen LogP contribution is -2.28. The van der Waals surface area contributed by atoms with E-state index in [0.717, 1.165) is 12.1 Å². The number of halogens is 1. The third-order valence-electron chi connectivity index (χ3n) is 3.27. The first-order valence-electron chi connectivity index (χ1n) is 7.97. The van der Waals surface area contributed by atoms with E-state index in [1.54, 1.807) is 24.3 Å². The molecule has 0 saturated carbocycles. The average molecular weight is 381 g/mol. The van der Waals surface area contributed by atoms with Crippen molar-refractivity contribution >= 4 is 51.7 Å². The summed E-state index contributed by atoms with van der Waals surface area (Å²) >= 11 is 7.10. The van der Waals surface area contributed by atoms with E-state index in [2.05, 4.69) is 34.7 Å². The molecule has 1 aliphatic rings. The van der Waals surface area contributed by atoms with Crippen molar-refractivity contribution in [3.63, 3.8) is 0 Å². The largest absolute Gasteiger partial charge is 0.326 e. The van der Waals surface area contributed by atoms with Crippen LogP contribution < -0.4 is 10.6 Å². The van der Waals surface area contributed by atoms with Crippen molar-refractivity contribution in [2.75, 3.05) is 5.32 Å². The van der Waals surface area contributed by atoms with E-state index < -0.39 is 5.25 Å². The molecule has 25 heavy (non-hydrogen) atoms. The normalized spacial score (nSPS) is 19.4. The summed E-state index contributed by atoms with van der Waals surface area (Å²) in [6.07, 6.45) is 0.900. The van der Waals surface area contributed by atoms with Gasteiger partial charge in [0.15, 0.2) is 5.17 Å². The minimum Gasteiger partial charge on any atom is -0.326 e. The van der Waals surface area contributed by atoms with Crippen LogP contribution in [0.25, 0.3) is 0 Å². The van der Waals surface area contributed by atoms with Gasteiger partial charge in [0.25, 0.3) is 0 Å². The van der Waals surface area contributed by atoms with Crippen LogP contribution in [0.1, 0.15) is 33.6 Å². The molecule has 2 amide bonds. The van der Waals surface area contributed by atoms with Gasteiger partial charge >= 0.3 is 0 Å². The van der Waals surface area contributed by atoms with Crippen molar-refractivity contribution in [2.24, 2.45) is 16.1 Å². The summed E-state index contributed by atoms with van der Waals surface area (Å²) in [5, 5.41) is 14.0. The van der Waals surface area contributed by atoms with Crippen LogP contribution >= 0.6 is 23.4 Å². The van der Waals surface area contributed by atoms with Gasteiger partial charge in [-0.25, -0.2) is 0 Å². The van der Waals surface area contributed by atoms with Gasteiger partial charge in [0.1, 0.15) is 5.25 Å². The lowest BCUT2D eigenvalue weighted by Gasteiger charge is -2.07. The van der Waals surface area contributed by atoms with Crippen molar-refractivity contribution in [1.82, 2.24) is 5.32 Å². The van der Waals surface area contributed by atoms with Gasteiger partial charge in [-0.3, -0.25) is 9.59 Å². The van der Waals surface area contributed by atoms with E-state index in [1.165, 1.54) is 11.8 Å². The molecule has 2 N–H and O–H groups in total. The van der Waals surface area contributed by atoms with Gasteiger partial charge in [-0.15, -0.1) is 5.10 Å². The molecule has 8 heteroatoms. The Kier molecular flexibility index (Phi) is 7.01. The minimum absolute atomic E-state index is 0.0523. The molecule has 1 aromatic rings. The number of nitrogens with one attached hydrogen (secondary N) is 2. The highest BCUT2D eigenvalue weighted by Crippen LogP contribution is 2.23. The number of amides is 2. The molecule has 134 valence electrons. The van der Waals surface area contributed by atoms with Crippen molar-refractivity contribution in [3.8, 4) is 0 Å². The number of carbonyl (C=O) groups excluding carboxylic acids is 2. The van der Waals surface area contributed by atoms with Crippen molar-refractivity contribution < 1.29 is 9.59 Å². The van der Waals surface area contributed by atoms with Crippen LogP contribution in [-0.4, -0.2) is 27.9 Å². The Morgan fingerprint density at radius 1 is 1.44 bits per heavy atom. The van der Waals surface area contributed by atoms with Gasteiger partial charge in [0.05, 0.1) is 0 Å². The minimum atomic E-state index is -0.515. The van der Waals surface area contributed by atoms with Crippen LogP contribution in [0.15, 0.2) is 34.5 Å². The van der Waals surface area contributed by atoms with Gasteiger partial charge < -0.3 is 10.6 Å². The fraction of sp³-hybridized carbons (Fsp3) is 0.412. The molecule has 0 bridgehead atoms. The van der Waals surface area contributed by atoms with E-state index in [4.69, 9.17) is 11.6 Å². The monoisotopic (exact) mass is 380 g/mol. The van der Waals surface area contributed by atoms with Crippen LogP contribution in [0.2, 0.25) is 5.02 Å². The fourth-order valence-corrected chi connectivity index (χ4v) is 3.40. The lowest BCUT2D eigenvalue weighted by atomic mass is 10.1. The van der Waals surface area contributed by atoms with E-state index in [1.807, 2.05) is 6.92 Å². The third kappa shape index (κ3) is 6.51. The highest BCUT2D eigenvalue weighted by molar-refractivity contribution is 8.15. The Labute approximate surface area is 156 Å². The Morgan fingerprint density at radius 3 is 2.88 bits per heavy atom. The first-order valence-corrected chi connectivity index (χ1v) is 9.23. The SMILES string of the molecule is C/C(CC(C)C)=N/N=C1\NC(=O)[C@H](CC(=O)Nc2cccc(Cl)c2)S1. The van der Waals surface area contributed by atoms with Crippen molar-refractivity contribution in [3.05, 3.63) is 29.3 Å². The number of anilines is 1. The molecule has 1 atom stereocenters. The standard InChI is InChI=1S/C17H21ClN4O2S/c1-10(2)7-11(3)21-22-17-20-16(24)14(25-17)9-15(23)19-13-6-4-5-12(18)8-13/h4-6,8,10,14H,7,9H2,1-3H3,(H,19,23)(H,20,22,24)/b21-11-/t14-/m0/s1. The molecule has 0 aliphatic carbocycles. The number of hydrogen-bond donors (Lipinski definition) is 2. The maximum atomic E-state index is 12.1. The maximum absolute atomic E-state index is 12.1. The molecule has 1 heterocycles.